The lowest BCUT2D eigenvalue weighted by Crippen LogP contribution is -2.26. The molecule has 0 bridgehead atoms. The van der Waals surface area contributed by atoms with E-state index in [1.807, 2.05) is 25.1 Å². The van der Waals surface area contributed by atoms with Crippen molar-refractivity contribution in [3.63, 3.8) is 0 Å². The van der Waals surface area contributed by atoms with Gasteiger partial charge in [-0.15, -0.1) is 0 Å². The third-order valence-electron chi connectivity index (χ3n) is 5.10. The molecule has 170 valence electrons. The first-order valence-corrected chi connectivity index (χ1v) is 12.3. The number of halogens is 3. The second-order valence-electron chi connectivity index (χ2n) is 7.68. The summed E-state index contributed by atoms with van der Waals surface area (Å²) < 4.78 is 12.8. The van der Waals surface area contributed by atoms with Gasteiger partial charge in [-0.25, -0.2) is 0 Å². The van der Waals surface area contributed by atoms with Crippen LogP contribution in [0, 0.1) is 0 Å². The molecule has 0 saturated heterocycles. The average Bonchev–Trinajstić information content (AvgIpc) is 2.79. The van der Waals surface area contributed by atoms with Crippen molar-refractivity contribution in [2.45, 2.75) is 45.9 Å². The Kier molecular flexibility index (Phi) is 9.73. The Balaban J connectivity index is 1.61. The summed E-state index contributed by atoms with van der Waals surface area (Å²) in [6.45, 7) is 5.86. The summed E-state index contributed by atoms with van der Waals surface area (Å²) >= 11 is 15.8. The fourth-order valence-electron chi connectivity index (χ4n) is 3.33. The minimum Gasteiger partial charge on any atom is -0.490 e. The van der Waals surface area contributed by atoms with Crippen molar-refractivity contribution >= 4 is 39.1 Å². The van der Waals surface area contributed by atoms with Gasteiger partial charge in [0, 0.05) is 12.6 Å². The zero-order valence-electron chi connectivity index (χ0n) is 18.3. The fraction of sp³-hybridized carbons (Fsp3) is 0.308. The number of nitrogens with one attached hydrogen (secondary N) is 1. The minimum absolute atomic E-state index is 0.365. The lowest BCUT2D eigenvalue weighted by Gasteiger charge is -2.18. The third-order valence-corrected chi connectivity index (χ3v) is 6.43. The number of hydrogen-bond acceptors (Lipinski definition) is 3. The number of benzene rings is 3. The van der Waals surface area contributed by atoms with Gasteiger partial charge < -0.3 is 14.8 Å². The molecule has 0 saturated carbocycles. The summed E-state index contributed by atoms with van der Waals surface area (Å²) in [7, 11) is 0. The number of aryl methyl sites for hydroxylation is 1. The van der Waals surface area contributed by atoms with E-state index in [4.69, 9.17) is 32.7 Å². The van der Waals surface area contributed by atoms with Gasteiger partial charge in [-0.2, -0.15) is 0 Å². The highest BCUT2D eigenvalue weighted by Gasteiger charge is 2.14. The van der Waals surface area contributed by atoms with Crippen molar-refractivity contribution in [1.82, 2.24) is 5.32 Å². The molecule has 6 heteroatoms. The average molecular weight is 537 g/mol. The molecule has 0 radical (unpaired) electrons. The van der Waals surface area contributed by atoms with Crippen molar-refractivity contribution in [3.05, 3.63) is 91.9 Å². The van der Waals surface area contributed by atoms with Gasteiger partial charge in [0.2, 0.25) is 0 Å². The lowest BCUT2D eigenvalue weighted by molar-refractivity contribution is 0.267. The summed E-state index contributed by atoms with van der Waals surface area (Å²) in [5.41, 5.74) is 3.44. The zero-order chi connectivity index (χ0) is 22.9. The molecule has 3 aromatic rings. The maximum atomic E-state index is 6.12. The molecule has 32 heavy (non-hydrogen) atoms. The van der Waals surface area contributed by atoms with E-state index in [1.54, 1.807) is 6.07 Å². The smallest absolute Gasteiger partial charge is 0.175 e. The topological polar surface area (TPSA) is 30.5 Å². The van der Waals surface area contributed by atoms with E-state index in [1.165, 1.54) is 5.56 Å². The van der Waals surface area contributed by atoms with E-state index < -0.39 is 0 Å². The van der Waals surface area contributed by atoms with Gasteiger partial charge >= 0.3 is 0 Å². The van der Waals surface area contributed by atoms with Crippen LogP contribution < -0.4 is 14.8 Å². The maximum absolute atomic E-state index is 6.12. The van der Waals surface area contributed by atoms with E-state index in [9.17, 15) is 0 Å². The third kappa shape index (κ3) is 7.41. The molecule has 3 nitrogen and oxygen atoms in total. The monoisotopic (exact) mass is 535 g/mol. The summed E-state index contributed by atoms with van der Waals surface area (Å²) in [6.07, 6.45) is 2.14. The lowest BCUT2D eigenvalue weighted by atomic mass is 10.1. The van der Waals surface area contributed by atoms with Crippen molar-refractivity contribution in [2.75, 3.05) is 6.61 Å². The highest BCUT2D eigenvalue weighted by Crippen LogP contribution is 2.37. The van der Waals surface area contributed by atoms with Crippen LogP contribution in [0.2, 0.25) is 10.0 Å². The standard InChI is InChI=1S/C26H28BrCl2NO2/c1-3-31-25-15-21(16-30-18(2)9-10-19-7-5-4-6-8-19)13-22(27)26(25)32-17-20-11-12-23(28)24(29)14-20/h4-8,11-15,18,30H,3,9-10,16-17H2,1-2H3. The van der Waals surface area contributed by atoms with Crippen LogP contribution in [0.4, 0.5) is 0 Å². The van der Waals surface area contributed by atoms with Gasteiger partial charge in [0.1, 0.15) is 6.61 Å². The predicted octanol–water partition coefficient (Wildman–Crippen LogP) is 7.84. The van der Waals surface area contributed by atoms with E-state index in [2.05, 4.69) is 64.6 Å². The Morgan fingerprint density at radius 3 is 2.41 bits per heavy atom. The highest BCUT2D eigenvalue weighted by atomic mass is 79.9. The van der Waals surface area contributed by atoms with Gasteiger partial charge in [0.15, 0.2) is 11.5 Å². The molecule has 0 heterocycles. The molecule has 3 aromatic carbocycles. The van der Waals surface area contributed by atoms with E-state index in [0.29, 0.717) is 35.1 Å². The summed E-state index contributed by atoms with van der Waals surface area (Å²) in [5, 5.41) is 4.65. The molecular formula is C26H28BrCl2NO2. The number of rotatable bonds is 11. The SMILES string of the molecule is CCOc1cc(CNC(C)CCc2ccccc2)cc(Br)c1OCc1ccc(Cl)c(Cl)c1. The van der Waals surface area contributed by atoms with Gasteiger partial charge in [-0.1, -0.05) is 59.6 Å². The summed E-state index contributed by atoms with van der Waals surface area (Å²) in [4.78, 5) is 0. The van der Waals surface area contributed by atoms with Gasteiger partial charge in [0.25, 0.3) is 0 Å². The fourth-order valence-corrected chi connectivity index (χ4v) is 4.26. The van der Waals surface area contributed by atoms with E-state index in [-0.39, 0.29) is 0 Å². The Morgan fingerprint density at radius 1 is 0.906 bits per heavy atom. The molecule has 0 fully saturated rings. The largest absolute Gasteiger partial charge is 0.490 e. The van der Waals surface area contributed by atoms with Crippen molar-refractivity contribution in [2.24, 2.45) is 0 Å². The first-order valence-electron chi connectivity index (χ1n) is 10.8. The van der Waals surface area contributed by atoms with E-state index in [0.717, 1.165) is 40.7 Å². The quantitative estimate of drug-likeness (QED) is 0.270. The minimum atomic E-state index is 0.365. The molecule has 1 unspecified atom stereocenters. The normalized spacial score (nSPS) is 11.9. The second-order valence-corrected chi connectivity index (χ2v) is 9.35. The molecule has 0 amide bonds. The molecule has 1 atom stereocenters. The highest BCUT2D eigenvalue weighted by molar-refractivity contribution is 9.10. The zero-order valence-corrected chi connectivity index (χ0v) is 21.4. The molecule has 1 N–H and O–H groups in total. The molecule has 0 aromatic heterocycles. The molecular weight excluding hydrogens is 509 g/mol. The van der Waals surface area contributed by atoms with Gasteiger partial charge in [-0.3, -0.25) is 0 Å². The van der Waals surface area contributed by atoms with Crippen LogP contribution in [0.1, 0.15) is 37.0 Å². The van der Waals surface area contributed by atoms with Gasteiger partial charge in [0.05, 0.1) is 21.1 Å². The summed E-state index contributed by atoms with van der Waals surface area (Å²) in [6, 6.07) is 20.6. The molecule has 0 aliphatic heterocycles. The van der Waals surface area contributed by atoms with Crippen LogP contribution in [0.5, 0.6) is 11.5 Å². The Bertz CT molecular complexity index is 1010. The first-order chi connectivity index (χ1) is 15.5. The van der Waals surface area contributed by atoms with Crippen molar-refractivity contribution < 1.29 is 9.47 Å². The molecule has 3 rings (SSSR count). The molecule has 0 aliphatic carbocycles. The summed E-state index contributed by atoms with van der Waals surface area (Å²) in [5.74, 6) is 1.40. The maximum Gasteiger partial charge on any atom is 0.175 e. The van der Waals surface area contributed by atoms with Gasteiger partial charge in [-0.05, 0) is 83.6 Å². The van der Waals surface area contributed by atoms with E-state index >= 15 is 0 Å². The Labute approximate surface area is 209 Å². The Hall–Kier alpha value is -1.72. The van der Waals surface area contributed by atoms with Crippen molar-refractivity contribution in [1.29, 1.82) is 0 Å². The van der Waals surface area contributed by atoms with Crippen LogP contribution in [0.25, 0.3) is 0 Å². The molecule has 0 aliphatic rings. The van der Waals surface area contributed by atoms with Crippen LogP contribution in [0.15, 0.2) is 65.1 Å². The van der Waals surface area contributed by atoms with Crippen LogP contribution in [0.3, 0.4) is 0 Å². The Morgan fingerprint density at radius 2 is 1.69 bits per heavy atom. The first kappa shape index (κ1) is 24.9. The number of ether oxygens (including phenoxy) is 2. The predicted molar refractivity (Wildman–Crippen MR) is 137 cm³/mol. The van der Waals surface area contributed by atoms with Crippen LogP contribution in [-0.4, -0.2) is 12.6 Å². The van der Waals surface area contributed by atoms with Crippen LogP contribution >= 0.6 is 39.1 Å². The number of hydrogen-bond donors (Lipinski definition) is 1. The van der Waals surface area contributed by atoms with Crippen molar-refractivity contribution in [3.8, 4) is 11.5 Å². The molecule has 0 spiro atoms. The second kappa shape index (κ2) is 12.5. The van der Waals surface area contributed by atoms with Crippen LogP contribution in [-0.2, 0) is 19.6 Å².